The van der Waals surface area contributed by atoms with Crippen molar-refractivity contribution in [1.82, 2.24) is 24.7 Å². The van der Waals surface area contributed by atoms with Crippen LogP contribution in [0.25, 0.3) is 11.0 Å². The van der Waals surface area contributed by atoms with Crippen LogP contribution in [-0.2, 0) is 17.9 Å². The van der Waals surface area contributed by atoms with Crippen LogP contribution in [0.1, 0.15) is 24.6 Å². The topological polar surface area (TPSA) is 69.0 Å². The molecule has 0 saturated carbocycles. The lowest BCUT2D eigenvalue weighted by Crippen LogP contribution is -2.37. The number of rotatable bonds is 3. The molecule has 1 atom stereocenters. The highest BCUT2D eigenvalue weighted by atomic mass is 16.5. The summed E-state index contributed by atoms with van der Waals surface area (Å²) in [5, 5.41) is 8.55. The second kappa shape index (κ2) is 5.58. The quantitative estimate of drug-likeness (QED) is 0.736. The van der Waals surface area contributed by atoms with Gasteiger partial charge in [0.1, 0.15) is 12.4 Å². The summed E-state index contributed by atoms with van der Waals surface area (Å²) in [5.41, 5.74) is 1.82. The van der Waals surface area contributed by atoms with Crippen LogP contribution >= 0.6 is 0 Å². The number of hydrogen-bond donors (Lipinski definition) is 0. The van der Waals surface area contributed by atoms with Crippen LogP contribution in [0.5, 0.6) is 0 Å². The van der Waals surface area contributed by atoms with Gasteiger partial charge in [0, 0.05) is 13.7 Å². The van der Waals surface area contributed by atoms with E-state index < -0.39 is 0 Å². The molecule has 0 unspecified atom stereocenters. The molecule has 0 spiro atoms. The second-order valence-electron chi connectivity index (χ2n) is 5.78. The number of hydrogen-bond acceptors (Lipinski definition) is 6. The highest BCUT2D eigenvalue weighted by molar-refractivity contribution is 5.75. The Labute approximate surface area is 133 Å². The molecule has 2 aromatic heterocycles. The molecule has 0 radical (unpaired) electrons. The molecule has 0 N–H and O–H groups in total. The van der Waals surface area contributed by atoms with Gasteiger partial charge in [-0.25, -0.2) is 4.98 Å². The van der Waals surface area contributed by atoms with Gasteiger partial charge in [-0.3, -0.25) is 4.98 Å². The molecule has 0 saturated heterocycles. The van der Waals surface area contributed by atoms with E-state index in [1.54, 1.807) is 7.11 Å². The van der Waals surface area contributed by atoms with Gasteiger partial charge < -0.3 is 14.2 Å². The van der Waals surface area contributed by atoms with Crippen LogP contribution in [0, 0.1) is 0 Å². The Bertz CT molecular complexity index is 845. The number of nitrogens with zero attached hydrogens (tertiary/aromatic N) is 6. The van der Waals surface area contributed by atoms with Crippen LogP contribution in [0.4, 0.5) is 5.82 Å². The zero-order valence-electron chi connectivity index (χ0n) is 13.2. The summed E-state index contributed by atoms with van der Waals surface area (Å²) in [6, 6.07) is 8.16. The minimum absolute atomic E-state index is 0.257. The van der Waals surface area contributed by atoms with Gasteiger partial charge in [-0.05, 0) is 19.1 Å². The van der Waals surface area contributed by atoms with E-state index in [-0.39, 0.29) is 6.04 Å². The zero-order valence-corrected chi connectivity index (χ0v) is 13.2. The Morgan fingerprint density at radius 3 is 2.87 bits per heavy atom. The summed E-state index contributed by atoms with van der Waals surface area (Å²) < 4.78 is 7.36. The third-order valence-electron chi connectivity index (χ3n) is 4.13. The minimum atomic E-state index is 0.257. The first-order valence-electron chi connectivity index (χ1n) is 7.64. The Kier molecular flexibility index (Phi) is 3.42. The number of methoxy groups -OCH3 is 1. The molecule has 7 nitrogen and oxygen atoms in total. The van der Waals surface area contributed by atoms with Gasteiger partial charge >= 0.3 is 0 Å². The van der Waals surface area contributed by atoms with Crippen LogP contribution in [0.2, 0.25) is 0 Å². The lowest BCUT2D eigenvalue weighted by atomic mass is 10.2. The normalized spacial score (nSPS) is 17.5. The first-order chi connectivity index (χ1) is 11.3. The Balaban J connectivity index is 1.67. The molecule has 1 aliphatic heterocycles. The van der Waals surface area contributed by atoms with E-state index in [0.29, 0.717) is 13.2 Å². The van der Waals surface area contributed by atoms with E-state index in [4.69, 9.17) is 9.72 Å². The third kappa shape index (κ3) is 2.43. The molecule has 1 aliphatic rings. The molecule has 3 aromatic rings. The molecule has 23 heavy (non-hydrogen) atoms. The first-order valence-corrected chi connectivity index (χ1v) is 7.64. The predicted octanol–water partition coefficient (Wildman–Crippen LogP) is 1.95. The smallest absolute Gasteiger partial charge is 0.159 e. The maximum atomic E-state index is 5.20. The molecular weight excluding hydrogens is 292 g/mol. The number of fused-ring (bicyclic) bond motifs is 2. The zero-order chi connectivity index (χ0) is 15.8. The minimum Gasteiger partial charge on any atom is -0.377 e. The van der Waals surface area contributed by atoms with Gasteiger partial charge in [-0.2, -0.15) is 0 Å². The fourth-order valence-corrected chi connectivity index (χ4v) is 3.12. The molecule has 0 fully saturated rings. The van der Waals surface area contributed by atoms with E-state index in [1.165, 1.54) is 0 Å². The van der Waals surface area contributed by atoms with Crippen LogP contribution < -0.4 is 4.90 Å². The van der Waals surface area contributed by atoms with Crippen molar-refractivity contribution in [1.29, 1.82) is 0 Å². The molecule has 0 amide bonds. The number of para-hydroxylation sites is 2. The molecule has 1 aromatic carbocycles. The molecule has 0 bridgehead atoms. The van der Waals surface area contributed by atoms with Gasteiger partial charge in [0.05, 0.1) is 29.8 Å². The Morgan fingerprint density at radius 1 is 1.22 bits per heavy atom. The lowest BCUT2D eigenvalue weighted by molar-refractivity contribution is 0.171. The predicted molar refractivity (Wildman–Crippen MR) is 86.0 cm³/mol. The number of anilines is 1. The van der Waals surface area contributed by atoms with E-state index in [1.807, 2.05) is 30.5 Å². The SMILES string of the molecule is COCc1nnc2n1[C@@H](C)CN(c1cnc3ccccc3n1)C2. The summed E-state index contributed by atoms with van der Waals surface area (Å²) in [5.74, 6) is 2.68. The molecule has 7 heteroatoms. The van der Waals surface area contributed by atoms with Crippen molar-refractivity contribution in [3.05, 3.63) is 42.1 Å². The van der Waals surface area contributed by atoms with Crippen molar-refractivity contribution in [3.8, 4) is 0 Å². The van der Waals surface area contributed by atoms with E-state index >= 15 is 0 Å². The summed E-state index contributed by atoms with van der Waals surface area (Å²) >= 11 is 0. The fraction of sp³-hybridized carbons (Fsp3) is 0.375. The van der Waals surface area contributed by atoms with Gasteiger partial charge in [0.2, 0.25) is 0 Å². The van der Waals surface area contributed by atoms with E-state index in [2.05, 4.69) is 31.6 Å². The fourth-order valence-electron chi connectivity index (χ4n) is 3.12. The highest BCUT2D eigenvalue weighted by Gasteiger charge is 2.27. The third-order valence-corrected chi connectivity index (χ3v) is 4.13. The van der Waals surface area contributed by atoms with Crippen molar-refractivity contribution < 1.29 is 4.74 Å². The molecule has 4 rings (SSSR count). The molecule has 0 aliphatic carbocycles. The maximum absolute atomic E-state index is 5.20. The van der Waals surface area contributed by atoms with E-state index in [9.17, 15) is 0 Å². The maximum Gasteiger partial charge on any atom is 0.159 e. The van der Waals surface area contributed by atoms with Crippen LogP contribution in [-0.4, -0.2) is 38.4 Å². The van der Waals surface area contributed by atoms with Gasteiger partial charge in [-0.1, -0.05) is 12.1 Å². The Morgan fingerprint density at radius 2 is 2.04 bits per heavy atom. The summed E-state index contributed by atoms with van der Waals surface area (Å²) in [6.07, 6.45) is 1.83. The van der Waals surface area contributed by atoms with Crippen molar-refractivity contribution in [3.63, 3.8) is 0 Å². The van der Waals surface area contributed by atoms with E-state index in [0.717, 1.165) is 35.0 Å². The number of benzene rings is 1. The lowest BCUT2D eigenvalue weighted by Gasteiger charge is -2.33. The van der Waals surface area contributed by atoms with Crippen molar-refractivity contribution in [2.75, 3.05) is 18.6 Å². The van der Waals surface area contributed by atoms with Crippen LogP contribution in [0.15, 0.2) is 30.5 Å². The standard InChI is InChI=1S/C16H18N6O/c1-11-8-21(9-15-19-20-16(10-23-2)22(11)15)14-7-17-12-5-3-4-6-13(12)18-14/h3-7,11H,8-10H2,1-2H3/t11-/m0/s1. The average Bonchev–Trinajstić information content (AvgIpc) is 2.98. The molecular formula is C16H18N6O. The number of aromatic nitrogens is 5. The van der Waals surface area contributed by atoms with Gasteiger partial charge in [0.25, 0.3) is 0 Å². The monoisotopic (exact) mass is 310 g/mol. The molecule has 118 valence electrons. The summed E-state index contributed by atoms with van der Waals surface area (Å²) in [4.78, 5) is 11.4. The van der Waals surface area contributed by atoms with Gasteiger partial charge in [0.15, 0.2) is 11.6 Å². The van der Waals surface area contributed by atoms with Crippen molar-refractivity contribution in [2.24, 2.45) is 0 Å². The Hall–Kier alpha value is -2.54. The number of ether oxygens (including phenoxy) is 1. The average molecular weight is 310 g/mol. The largest absolute Gasteiger partial charge is 0.377 e. The first kappa shape index (κ1) is 14.1. The van der Waals surface area contributed by atoms with Gasteiger partial charge in [-0.15, -0.1) is 10.2 Å². The highest BCUT2D eigenvalue weighted by Crippen LogP contribution is 2.26. The summed E-state index contributed by atoms with van der Waals surface area (Å²) in [6.45, 7) is 4.16. The van der Waals surface area contributed by atoms with Crippen LogP contribution in [0.3, 0.4) is 0 Å². The van der Waals surface area contributed by atoms with Crippen molar-refractivity contribution >= 4 is 16.9 Å². The molecule has 3 heterocycles. The summed E-state index contributed by atoms with van der Waals surface area (Å²) in [7, 11) is 1.67. The second-order valence-corrected chi connectivity index (χ2v) is 5.78. The van der Waals surface area contributed by atoms with Crippen molar-refractivity contribution in [2.45, 2.75) is 26.1 Å².